The standard InChI is InChI=1S/C9H11F3N2O2/c1-5(2)14-4-6(3-13-14)7(10)9(11,12)8(15)16/h3-5,7H,1-2H3,(H,15,16). The lowest BCUT2D eigenvalue weighted by atomic mass is 10.1. The molecule has 7 heteroatoms. The first kappa shape index (κ1) is 12.5. The average molecular weight is 236 g/mol. The van der Waals surface area contributed by atoms with Crippen LogP contribution in [0.25, 0.3) is 0 Å². The van der Waals surface area contributed by atoms with Crippen LogP contribution in [0.3, 0.4) is 0 Å². The van der Waals surface area contributed by atoms with E-state index in [0.717, 1.165) is 12.4 Å². The molecule has 0 amide bonds. The Morgan fingerprint density at radius 3 is 2.50 bits per heavy atom. The number of carboxylic acids is 1. The van der Waals surface area contributed by atoms with E-state index in [9.17, 15) is 18.0 Å². The number of aliphatic carboxylic acids is 1. The normalized spacial score (nSPS) is 14.1. The number of alkyl halides is 3. The molecule has 0 aliphatic carbocycles. The third-order valence-corrected chi connectivity index (χ3v) is 2.05. The van der Waals surface area contributed by atoms with Crippen molar-refractivity contribution < 1.29 is 23.1 Å². The van der Waals surface area contributed by atoms with Gasteiger partial charge in [0.25, 0.3) is 0 Å². The molecular weight excluding hydrogens is 225 g/mol. The van der Waals surface area contributed by atoms with E-state index < -0.39 is 23.6 Å². The van der Waals surface area contributed by atoms with Crippen LogP contribution in [0.2, 0.25) is 0 Å². The van der Waals surface area contributed by atoms with Crippen LogP contribution in [0.1, 0.15) is 31.6 Å². The average Bonchev–Trinajstić information content (AvgIpc) is 2.64. The molecule has 1 heterocycles. The quantitative estimate of drug-likeness (QED) is 0.871. The predicted molar refractivity (Wildman–Crippen MR) is 49.0 cm³/mol. The smallest absolute Gasteiger partial charge is 0.378 e. The predicted octanol–water partition coefficient (Wildman–Crippen LogP) is 2.19. The minimum atomic E-state index is -4.44. The Kier molecular flexibility index (Phi) is 3.25. The zero-order valence-electron chi connectivity index (χ0n) is 8.69. The number of hydrogen-bond acceptors (Lipinski definition) is 2. The summed E-state index contributed by atoms with van der Waals surface area (Å²) in [5.41, 5.74) is -0.443. The second-order valence-electron chi connectivity index (χ2n) is 3.64. The molecule has 4 nitrogen and oxygen atoms in total. The molecular formula is C9H11F3N2O2. The van der Waals surface area contributed by atoms with Crippen LogP contribution in [0.15, 0.2) is 12.4 Å². The minimum absolute atomic E-state index is 0.112. The van der Waals surface area contributed by atoms with Gasteiger partial charge in [-0.05, 0) is 13.8 Å². The molecule has 1 N–H and O–H groups in total. The van der Waals surface area contributed by atoms with E-state index in [1.807, 2.05) is 0 Å². The van der Waals surface area contributed by atoms with Gasteiger partial charge in [-0.2, -0.15) is 13.9 Å². The first-order chi connectivity index (χ1) is 7.26. The topological polar surface area (TPSA) is 55.1 Å². The van der Waals surface area contributed by atoms with Crippen molar-refractivity contribution in [2.45, 2.75) is 32.0 Å². The maximum Gasteiger partial charge on any atom is 0.378 e. The fourth-order valence-corrected chi connectivity index (χ4v) is 1.08. The van der Waals surface area contributed by atoms with Gasteiger partial charge in [0, 0.05) is 17.8 Å². The molecule has 1 unspecified atom stereocenters. The van der Waals surface area contributed by atoms with Gasteiger partial charge in [0.1, 0.15) is 0 Å². The van der Waals surface area contributed by atoms with Crippen LogP contribution in [-0.4, -0.2) is 26.8 Å². The van der Waals surface area contributed by atoms with Crippen molar-refractivity contribution in [2.24, 2.45) is 0 Å². The molecule has 1 aromatic heterocycles. The lowest BCUT2D eigenvalue weighted by Gasteiger charge is -2.14. The van der Waals surface area contributed by atoms with Crippen molar-refractivity contribution in [3.63, 3.8) is 0 Å². The summed E-state index contributed by atoms with van der Waals surface area (Å²) in [6, 6.07) is -0.112. The van der Waals surface area contributed by atoms with Crippen molar-refractivity contribution in [1.82, 2.24) is 9.78 Å². The Morgan fingerprint density at radius 1 is 1.56 bits per heavy atom. The summed E-state index contributed by atoms with van der Waals surface area (Å²) in [6.07, 6.45) is -0.911. The molecule has 0 spiro atoms. The highest BCUT2D eigenvalue weighted by molar-refractivity contribution is 5.76. The molecule has 1 rings (SSSR count). The Hall–Kier alpha value is -1.53. The minimum Gasteiger partial charge on any atom is -0.477 e. The Balaban J connectivity index is 2.96. The van der Waals surface area contributed by atoms with Crippen LogP contribution in [-0.2, 0) is 4.79 Å². The van der Waals surface area contributed by atoms with Gasteiger partial charge >= 0.3 is 11.9 Å². The molecule has 0 radical (unpaired) electrons. The van der Waals surface area contributed by atoms with Crippen molar-refractivity contribution in [1.29, 1.82) is 0 Å². The van der Waals surface area contributed by atoms with Crippen LogP contribution in [0, 0.1) is 0 Å². The molecule has 0 bridgehead atoms. The molecule has 0 aliphatic rings. The third kappa shape index (κ3) is 2.17. The van der Waals surface area contributed by atoms with Gasteiger partial charge < -0.3 is 5.11 Å². The number of carbonyl (C=O) groups is 1. The zero-order chi connectivity index (χ0) is 12.5. The van der Waals surface area contributed by atoms with Gasteiger partial charge in [-0.1, -0.05) is 0 Å². The molecule has 0 aromatic carbocycles. The lowest BCUT2D eigenvalue weighted by molar-refractivity contribution is -0.175. The number of rotatable bonds is 4. The van der Waals surface area contributed by atoms with Crippen molar-refractivity contribution >= 4 is 5.97 Å². The second-order valence-corrected chi connectivity index (χ2v) is 3.64. The van der Waals surface area contributed by atoms with Gasteiger partial charge in [0.2, 0.25) is 6.17 Å². The summed E-state index contributed by atoms with van der Waals surface area (Å²) in [7, 11) is 0. The number of halogens is 3. The van der Waals surface area contributed by atoms with Gasteiger partial charge in [-0.3, -0.25) is 4.68 Å². The molecule has 1 atom stereocenters. The van der Waals surface area contributed by atoms with Crippen LogP contribution >= 0.6 is 0 Å². The van der Waals surface area contributed by atoms with Crippen molar-refractivity contribution in [3.8, 4) is 0 Å². The van der Waals surface area contributed by atoms with Crippen LogP contribution in [0.4, 0.5) is 13.2 Å². The van der Waals surface area contributed by atoms with E-state index >= 15 is 0 Å². The summed E-state index contributed by atoms with van der Waals surface area (Å²) >= 11 is 0. The van der Waals surface area contributed by atoms with E-state index in [2.05, 4.69) is 5.10 Å². The first-order valence-electron chi connectivity index (χ1n) is 4.56. The maximum absolute atomic E-state index is 13.3. The fraction of sp³-hybridized carbons (Fsp3) is 0.556. The van der Waals surface area contributed by atoms with Crippen LogP contribution in [0.5, 0.6) is 0 Å². The molecule has 16 heavy (non-hydrogen) atoms. The molecule has 0 fully saturated rings. The maximum atomic E-state index is 13.3. The summed E-state index contributed by atoms with van der Waals surface area (Å²) in [6.45, 7) is 3.47. The lowest BCUT2D eigenvalue weighted by Crippen LogP contribution is -2.33. The third-order valence-electron chi connectivity index (χ3n) is 2.05. The van der Waals surface area contributed by atoms with E-state index in [4.69, 9.17) is 5.11 Å². The van der Waals surface area contributed by atoms with E-state index in [1.54, 1.807) is 13.8 Å². The number of carboxylic acid groups (broad SMARTS) is 1. The number of nitrogens with zero attached hydrogens (tertiary/aromatic N) is 2. The summed E-state index contributed by atoms with van der Waals surface area (Å²) in [5, 5.41) is 11.8. The molecule has 90 valence electrons. The Bertz CT molecular complexity index is 390. The van der Waals surface area contributed by atoms with E-state index in [-0.39, 0.29) is 6.04 Å². The van der Waals surface area contributed by atoms with Crippen LogP contribution < -0.4 is 0 Å². The number of hydrogen-bond donors (Lipinski definition) is 1. The summed E-state index contributed by atoms with van der Waals surface area (Å²) in [5.74, 6) is -6.93. The molecule has 0 aliphatic heterocycles. The Labute approximate surface area is 89.7 Å². The molecule has 0 saturated carbocycles. The Morgan fingerprint density at radius 2 is 2.12 bits per heavy atom. The first-order valence-corrected chi connectivity index (χ1v) is 4.56. The highest BCUT2D eigenvalue weighted by atomic mass is 19.3. The summed E-state index contributed by atoms with van der Waals surface area (Å²) < 4.78 is 40.2. The molecule has 1 aromatic rings. The largest absolute Gasteiger partial charge is 0.477 e. The number of aromatic nitrogens is 2. The van der Waals surface area contributed by atoms with Gasteiger partial charge in [-0.25, -0.2) is 9.18 Å². The van der Waals surface area contributed by atoms with Gasteiger partial charge in [0.15, 0.2) is 0 Å². The summed E-state index contributed by atoms with van der Waals surface area (Å²) in [4.78, 5) is 10.2. The van der Waals surface area contributed by atoms with Crippen molar-refractivity contribution in [2.75, 3.05) is 0 Å². The van der Waals surface area contributed by atoms with Crippen molar-refractivity contribution in [3.05, 3.63) is 18.0 Å². The van der Waals surface area contributed by atoms with E-state index in [0.29, 0.717) is 0 Å². The SMILES string of the molecule is CC(C)n1cc(C(F)C(F)(F)C(=O)O)cn1. The monoisotopic (exact) mass is 236 g/mol. The molecule has 0 saturated heterocycles. The van der Waals surface area contributed by atoms with Gasteiger partial charge in [-0.15, -0.1) is 0 Å². The second kappa shape index (κ2) is 4.15. The highest BCUT2D eigenvalue weighted by Crippen LogP contribution is 2.34. The zero-order valence-corrected chi connectivity index (χ0v) is 8.69. The fourth-order valence-electron chi connectivity index (χ4n) is 1.08. The van der Waals surface area contributed by atoms with Gasteiger partial charge in [0.05, 0.1) is 6.20 Å². The van der Waals surface area contributed by atoms with E-state index in [1.165, 1.54) is 4.68 Å². The highest BCUT2D eigenvalue weighted by Gasteiger charge is 2.49.